The molecule has 0 radical (unpaired) electrons. The zero-order valence-corrected chi connectivity index (χ0v) is 24.4. The van der Waals surface area contributed by atoms with Crippen molar-refractivity contribution in [1.82, 2.24) is 20.9 Å². The van der Waals surface area contributed by atoms with Gasteiger partial charge in [-0.25, -0.2) is 4.79 Å². The van der Waals surface area contributed by atoms with Crippen LogP contribution in [0.15, 0.2) is 54.7 Å². The molecule has 0 bridgehead atoms. The second kappa shape index (κ2) is 15.6. The number of phenolic OH excluding ortho intramolecular Hbond substituents is 1. The Balaban J connectivity index is 1.82. The lowest BCUT2D eigenvalue weighted by Gasteiger charge is -2.25. The number of H-pyrrole nitrogens is 1. The molecular weight excluding hydrogens is 576 g/mol. The number of rotatable bonds is 16. The van der Waals surface area contributed by atoms with Gasteiger partial charge < -0.3 is 42.6 Å². The van der Waals surface area contributed by atoms with Crippen LogP contribution in [0.25, 0.3) is 10.9 Å². The molecule has 3 rings (SSSR count). The van der Waals surface area contributed by atoms with Crippen LogP contribution < -0.4 is 27.4 Å². The molecule has 13 nitrogen and oxygen atoms in total. The van der Waals surface area contributed by atoms with E-state index in [1.54, 1.807) is 6.20 Å². The number of aromatic amines is 1. The fourth-order valence-electron chi connectivity index (χ4n) is 4.41. The van der Waals surface area contributed by atoms with Crippen LogP contribution in [0, 0.1) is 0 Å². The van der Waals surface area contributed by atoms with Crippen molar-refractivity contribution in [3.63, 3.8) is 0 Å². The van der Waals surface area contributed by atoms with Crippen LogP contribution in [0.3, 0.4) is 0 Å². The van der Waals surface area contributed by atoms with Crippen LogP contribution in [0.2, 0.25) is 0 Å². The Kier molecular flexibility index (Phi) is 12.0. The van der Waals surface area contributed by atoms with E-state index in [0.29, 0.717) is 23.3 Å². The largest absolute Gasteiger partial charge is 0.508 e. The van der Waals surface area contributed by atoms with Gasteiger partial charge in [0.25, 0.3) is 0 Å². The number of hydrogen-bond acceptors (Lipinski definition) is 8. The van der Waals surface area contributed by atoms with Crippen molar-refractivity contribution in [2.45, 2.75) is 49.9 Å². The molecule has 2 aromatic carbocycles. The Morgan fingerprint density at radius 2 is 1.51 bits per heavy atom. The van der Waals surface area contributed by atoms with Gasteiger partial charge in [0.1, 0.15) is 23.9 Å². The van der Waals surface area contributed by atoms with E-state index in [-0.39, 0.29) is 18.6 Å². The first-order valence-electron chi connectivity index (χ1n) is 13.5. The van der Waals surface area contributed by atoms with Gasteiger partial charge in [-0.05, 0) is 47.8 Å². The lowest BCUT2D eigenvalue weighted by atomic mass is 10.0. The number of aromatic nitrogens is 1. The highest BCUT2D eigenvalue weighted by molar-refractivity contribution is 7.98. The van der Waals surface area contributed by atoms with Gasteiger partial charge in [0.2, 0.25) is 23.6 Å². The van der Waals surface area contributed by atoms with Crippen molar-refractivity contribution in [1.29, 1.82) is 0 Å². The number of phenols is 1. The minimum atomic E-state index is -1.43. The van der Waals surface area contributed by atoms with Gasteiger partial charge in [-0.2, -0.15) is 11.8 Å². The Morgan fingerprint density at radius 3 is 2.16 bits per heavy atom. The number of benzene rings is 2. The average Bonchev–Trinajstić information content (AvgIpc) is 3.38. The SMILES string of the molecule is CSCCC(N)C(=O)NC(CC(N)=O)C(=O)NC(Cc1ccc(O)cc1)C(=O)NC(Cc1c[nH]c2ccccc12)C(=O)O. The fourth-order valence-corrected chi connectivity index (χ4v) is 4.90. The summed E-state index contributed by atoms with van der Waals surface area (Å²) in [7, 11) is 0. The van der Waals surface area contributed by atoms with Crippen LogP contribution in [0.5, 0.6) is 5.75 Å². The van der Waals surface area contributed by atoms with E-state index < -0.39 is 60.2 Å². The lowest BCUT2D eigenvalue weighted by molar-refractivity contribution is -0.142. The van der Waals surface area contributed by atoms with Gasteiger partial charge in [0.15, 0.2) is 0 Å². The molecule has 4 amide bonds. The number of carbonyl (C=O) groups is 5. The van der Waals surface area contributed by atoms with Crippen LogP contribution in [-0.4, -0.2) is 81.0 Å². The van der Waals surface area contributed by atoms with Crippen molar-refractivity contribution < 1.29 is 34.2 Å². The maximum Gasteiger partial charge on any atom is 0.326 e. The zero-order chi connectivity index (χ0) is 31.5. The molecule has 14 heteroatoms. The van der Waals surface area contributed by atoms with E-state index in [1.807, 2.05) is 30.5 Å². The van der Waals surface area contributed by atoms with Gasteiger partial charge >= 0.3 is 5.97 Å². The van der Waals surface area contributed by atoms with Gasteiger partial charge in [0.05, 0.1) is 12.5 Å². The van der Waals surface area contributed by atoms with Crippen molar-refractivity contribution in [2.75, 3.05) is 12.0 Å². The van der Waals surface area contributed by atoms with Crippen LogP contribution in [0.4, 0.5) is 0 Å². The molecule has 0 aliphatic heterocycles. The number of hydrogen-bond donors (Lipinski definition) is 8. The third kappa shape index (κ3) is 9.75. The summed E-state index contributed by atoms with van der Waals surface area (Å²) in [6, 6.07) is 8.16. The molecule has 0 fully saturated rings. The molecular formula is C29H36N6O7S. The Bertz CT molecular complexity index is 1440. The Labute approximate surface area is 252 Å². The Hall–Kier alpha value is -4.56. The van der Waals surface area contributed by atoms with Gasteiger partial charge in [-0.15, -0.1) is 0 Å². The molecule has 1 heterocycles. The van der Waals surface area contributed by atoms with Crippen molar-refractivity contribution in [3.8, 4) is 5.75 Å². The van der Waals surface area contributed by atoms with Crippen molar-refractivity contribution >= 4 is 52.3 Å². The Morgan fingerprint density at radius 1 is 0.884 bits per heavy atom. The van der Waals surface area contributed by atoms with E-state index in [9.17, 15) is 34.2 Å². The smallest absolute Gasteiger partial charge is 0.326 e. The predicted molar refractivity (Wildman–Crippen MR) is 162 cm³/mol. The number of aliphatic carboxylic acids is 1. The number of nitrogens with two attached hydrogens (primary N) is 2. The second-order valence-corrected chi connectivity index (χ2v) is 11.0. The van der Waals surface area contributed by atoms with Gasteiger partial charge in [-0.3, -0.25) is 19.2 Å². The molecule has 43 heavy (non-hydrogen) atoms. The van der Waals surface area contributed by atoms with Crippen LogP contribution >= 0.6 is 11.8 Å². The van der Waals surface area contributed by atoms with Crippen LogP contribution in [0.1, 0.15) is 24.0 Å². The number of thioether (sulfide) groups is 1. The minimum absolute atomic E-state index is 0.0134. The number of carbonyl (C=O) groups excluding carboxylic acids is 4. The number of fused-ring (bicyclic) bond motifs is 1. The first kappa shape index (κ1) is 32.9. The van der Waals surface area contributed by atoms with E-state index >= 15 is 0 Å². The molecule has 4 atom stereocenters. The first-order valence-corrected chi connectivity index (χ1v) is 14.9. The number of aromatic hydroxyl groups is 1. The molecule has 1 aromatic heterocycles. The van der Waals surface area contributed by atoms with Gasteiger partial charge in [0, 0.05) is 29.9 Å². The highest BCUT2D eigenvalue weighted by Gasteiger charge is 2.31. The van der Waals surface area contributed by atoms with Gasteiger partial charge in [-0.1, -0.05) is 30.3 Å². The summed E-state index contributed by atoms with van der Waals surface area (Å²) in [5, 5.41) is 27.8. The normalized spacial score (nSPS) is 13.8. The number of amides is 4. The van der Waals surface area contributed by atoms with Crippen LogP contribution in [-0.2, 0) is 36.8 Å². The van der Waals surface area contributed by atoms with E-state index in [0.717, 1.165) is 10.9 Å². The summed E-state index contributed by atoms with van der Waals surface area (Å²) >= 11 is 1.49. The second-order valence-electron chi connectivity index (χ2n) is 10.0. The maximum absolute atomic E-state index is 13.5. The monoisotopic (exact) mass is 612 g/mol. The summed E-state index contributed by atoms with van der Waals surface area (Å²) in [6.07, 6.45) is 3.16. The third-order valence-electron chi connectivity index (χ3n) is 6.73. The summed E-state index contributed by atoms with van der Waals surface area (Å²) in [4.78, 5) is 66.4. The molecule has 0 aliphatic rings. The minimum Gasteiger partial charge on any atom is -0.508 e. The molecule has 0 spiro atoms. The number of nitrogens with one attached hydrogen (secondary N) is 4. The highest BCUT2D eigenvalue weighted by atomic mass is 32.2. The highest BCUT2D eigenvalue weighted by Crippen LogP contribution is 2.19. The average molecular weight is 613 g/mol. The summed E-state index contributed by atoms with van der Waals surface area (Å²) in [5.74, 6) is -3.94. The fraction of sp³-hybridized carbons (Fsp3) is 0.345. The van der Waals surface area contributed by atoms with Crippen molar-refractivity contribution in [3.05, 3.63) is 65.9 Å². The molecule has 0 saturated carbocycles. The predicted octanol–water partition coefficient (Wildman–Crippen LogP) is 0.154. The van der Waals surface area contributed by atoms with E-state index in [1.165, 1.54) is 36.0 Å². The topological polar surface area (TPSA) is 230 Å². The summed E-state index contributed by atoms with van der Waals surface area (Å²) in [5.41, 5.74) is 13.2. The van der Waals surface area contributed by atoms with Crippen molar-refractivity contribution in [2.24, 2.45) is 11.5 Å². The van der Waals surface area contributed by atoms with E-state index in [2.05, 4.69) is 20.9 Å². The molecule has 10 N–H and O–H groups in total. The third-order valence-corrected chi connectivity index (χ3v) is 7.37. The summed E-state index contributed by atoms with van der Waals surface area (Å²) in [6.45, 7) is 0. The number of carboxylic acid groups (broad SMARTS) is 1. The quantitative estimate of drug-likeness (QED) is 0.110. The zero-order valence-electron chi connectivity index (χ0n) is 23.5. The standard InChI is InChI=1S/C29H36N6O7S/c1-43-11-10-20(30)26(38)33-23(14-25(31)37)28(40)34-22(12-16-6-8-18(36)9-7-16)27(39)35-24(29(41)42)13-17-15-32-21-5-3-2-4-19(17)21/h2-9,15,20,22-24,32,36H,10-14,30H2,1H3,(H2,31,37)(H,33,38)(H,34,40)(H,35,39)(H,41,42). The number of carboxylic acids is 1. The molecule has 230 valence electrons. The maximum atomic E-state index is 13.5. The number of primary amides is 1. The first-order chi connectivity index (χ1) is 20.5. The van der Waals surface area contributed by atoms with E-state index in [4.69, 9.17) is 11.5 Å². The molecule has 0 aliphatic carbocycles. The number of para-hydroxylation sites is 1. The lowest BCUT2D eigenvalue weighted by Crippen LogP contribution is -2.58. The molecule has 4 unspecified atom stereocenters. The molecule has 3 aromatic rings. The summed E-state index contributed by atoms with van der Waals surface area (Å²) < 4.78 is 0. The molecule has 0 saturated heterocycles.